The highest BCUT2D eigenvalue weighted by Crippen LogP contribution is 2.31. The van der Waals surface area contributed by atoms with E-state index in [0.717, 1.165) is 16.5 Å². The third-order valence-corrected chi connectivity index (χ3v) is 5.51. The van der Waals surface area contributed by atoms with Gasteiger partial charge >= 0.3 is 0 Å². The number of nitrogens with zero attached hydrogens (tertiary/aromatic N) is 2. The van der Waals surface area contributed by atoms with E-state index in [1.807, 2.05) is 13.8 Å². The first-order chi connectivity index (χ1) is 9.15. The monoisotopic (exact) mass is 297 g/mol. The number of fused-ring (bicyclic) bond motifs is 1. The average Bonchev–Trinajstić information content (AvgIpc) is 2.98. The number of hydrogen-bond acceptors (Lipinski definition) is 5. The zero-order valence-corrected chi connectivity index (χ0v) is 12.8. The van der Waals surface area contributed by atoms with Crippen molar-refractivity contribution in [1.29, 1.82) is 0 Å². The molecular weight excluding hydrogens is 278 g/mol. The Labute approximate surface area is 121 Å². The summed E-state index contributed by atoms with van der Waals surface area (Å²) in [7, 11) is 0. The Hall–Kier alpha value is -0.560. The van der Waals surface area contributed by atoms with Gasteiger partial charge in [-0.3, -0.25) is 4.40 Å². The Bertz CT molecular complexity index is 559. The molecule has 0 aromatic carbocycles. The first-order valence-corrected chi connectivity index (χ1v) is 8.43. The number of aromatic nitrogens is 2. The van der Waals surface area contributed by atoms with Gasteiger partial charge in [0, 0.05) is 29.4 Å². The lowest BCUT2D eigenvalue weighted by atomic mass is 10.3. The van der Waals surface area contributed by atoms with Gasteiger partial charge in [0.1, 0.15) is 5.03 Å². The van der Waals surface area contributed by atoms with E-state index in [9.17, 15) is 5.11 Å². The summed E-state index contributed by atoms with van der Waals surface area (Å²) in [6, 6.07) is 0.691. The van der Waals surface area contributed by atoms with Crippen molar-refractivity contribution in [2.75, 3.05) is 0 Å². The lowest BCUT2D eigenvalue weighted by Crippen LogP contribution is -2.18. The van der Waals surface area contributed by atoms with Gasteiger partial charge in [0.25, 0.3) is 0 Å². The second-order valence-electron chi connectivity index (χ2n) is 5.14. The maximum absolute atomic E-state index is 9.66. The molecule has 1 fully saturated rings. The summed E-state index contributed by atoms with van der Waals surface area (Å²) < 4.78 is 2.16. The van der Waals surface area contributed by atoms with Crippen molar-refractivity contribution in [2.24, 2.45) is 0 Å². The minimum absolute atomic E-state index is 0.157. The van der Waals surface area contributed by atoms with Crippen LogP contribution in [0, 0.1) is 0 Å². The molecule has 6 heteroatoms. The molecule has 2 aromatic rings. The van der Waals surface area contributed by atoms with Crippen molar-refractivity contribution in [1.82, 2.24) is 14.7 Å². The maximum Gasteiger partial charge on any atom is 0.194 e. The summed E-state index contributed by atoms with van der Waals surface area (Å²) >= 11 is 3.32. The molecule has 2 atom stereocenters. The third-order valence-electron chi connectivity index (χ3n) is 3.44. The number of nitrogens with one attached hydrogen (secondary N) is 1. The Balaban J connectivity index is 1.83. The molecule has 1 aliphatic rings. The number of hydrogen-bond donors (Lipinski definition) is 2. The van der Waals surface area contributed by atoms with Crippen molar-refractivity contribution >= 4 is 28.1 Å². The van der Waals surface area contributed by atoms with Crippen LogP contribution < -0.4 is 5.32 Å². The van der Waals surface area contributed by atoms with E-state index in [4.69, 9.17) is 0 Å². The summed E-state index contributed by atoms with van der Waals surface area (Å²) in [5.41, 5.74) is 1.22. The van der Waals surface area contributed by atoms with E-state index in [0.29, 0.717) is 6.04 Å². The van der Waals surface area contributed by atoms with Crippen LogP contribution in [0.15, 0.2) is 16.6 Å². The number of thioether (sulfide) groups is 1. The minimum atomic E-state index is -0.325. The fourth-order valence-electron chi connectivity index (χ4n) is 1.87. The van der Waals surface area contributed by atoms with E-state index in [2.05, 4.69) is 26.3 Å². The molecular formula is C13H19N3OS2. The lowest BCUT2D eigenvalue weighted by Gasteiger charge is -2.13. The van der Waals surface area contributed by atoms with Crippen LogP contribution in [0.5, 0.6) is 0 Å². The normalized spacial score (nSPS) is 18.9. The Morgan fingerprint density at radius 3 is 3.05 bits per heavy atom. The van der Waals surface area contributed by atoms with Gasteiger partial charge in [-0.25, -0.2) is 4.98 Å². The largest absolute Gasteiger partial charge is 0.392 e. The molecule has 0 aliphatic heterocycles. The van der Waals surface area contributed by atoms with Gasteiger partial charge in [0.2, 0.25) is 0 Å². The van der Waals surface area contributed by atoms with Crippen LogP contribution in [0.25, 0.3) is 4.96 Å². The highest BCUT2D eigenvalue weighted by Gasteiger charge is 2.23. The fraction of sp³-hybridized carbons (Fsp3) is 0.615. The van der Waals surface area contributed by atoms with Gasteiger partial charge in [0.15, 0.2) is 4.96 Å². The predicted molar refractivity (Wildman–Crippen MR) is 79.9 cm³/mol. The Kier molecular flexibility index (Phi) is 3.84. The van der Waals surface area contributed by atoms with E-state index in [1.54, 1.807) is 23.1 Å². The number of thiazole rings is 1. The Morgan fingerprint density at radius 1 is 1.58 bits per heavy atom. The third kappa shape index (κ3) is 2.97. The second kappa shape index (κ2) is 5.44. The highest BCUT2D eigenvalue weighted by atomic mass is 32.2. The SMILES string of the molecule is CC(O)C(C)Sc1nc2sccn2c1CNC1CC1. The molecule has 4 nitrogen and oxygen atoms in total. The quantitative estimate of drug-likeness (QED) is 0.804. The van der Waals surface area contributed by atoms with Crippen LogP contribution in [0.1, 0.15) is 32.4 Å². The molecule has 19 heavy (non-hydrogen) atoms. The van der Waals surface area contributed by atoms with Gasteiger partial charge in [-0.2, -0.15) is 0 Å². The molecule has 1 saturated carbocycles. The predicted octanol–water partition coefficient (Wildman–Crippen LogP) is 2.51. The Morgan fingerprint density at radius 2 is 2.37 bits per heavy atom. The van der Waals surface area contributed by atoms with Gasteiger partial charge in [-0.1, -0.05) is 18.7 Å². The first-order valence-electron chi connectivity index (χ1n) is 6.67. The van der Waals surface area contributed by atoms with Gasteiger partial charge in [-0.05, 0) is 19.8 Å². The van der Waals surface area contributed by atoms with E-state index in [1.165, 1.54) is 18.5 Å². The van der Waals surface area contributed by atoms with Gasteiger partial charge in [-0.15, -0.1) is 11.3 Å². The molecule has 0 saturated heterocycles. The van der Waals surface area contributed by atoms with Crippen LogP contribution in [0.2, 0.25) is 0 Å². The van der Waals surface area contributed by atoms with Crippen molar-refractivity contribution in [3.05, 3.63) is 17.3 Å². The molecule has 104 valence electrons. The van der Waals surface area contributed by atoms with E-state index in [-0.39, 0.29) is 11.4 Å². The van der Waals surface area contributed by atoms with Crippen molar-refractivity contribution in [3.63, 3.8) is 0 Å². The number of imidazole rings is 1. The van der Waals surface area contributed by atoms with Crippen LogP contribution >= 0.6 is 23.1 Å². The topological polar surface area (TPSA) is 49.6 Å². The zero-order chi connectivity index (χ0) is 13.4. The first kappa shape index (κ1) is 13.4. The molecule has 2 N–H and O–H groups in total. The molecule has 0 radical (unpaired) electrons. The van der Waals surface area contributed by atoms with Gasteiger partial charge < -0.3 is 10.4 Å². The molecule has 0 amide bonds. The van der Waals surface area contributed by atoms with Gasteiger partial charge in [0.05, 0.1) is 11.8 Å². The van der Waals surface area contributed by atoms with Crippen molar-refractivity contribution in [3.8, 4) is 0 Å². The summed E-state index contributed by atoms with van der Waals surface area (Å²) in [6.07, 6.45) is 4.33. The molecule has 0 bridgehead atoms. The van der Waals surface area contributed by atoms with Crippen LogP contribution in [0.4, 0.5) is 0 Å². The molecule has 2 aromatic heterocycles. The molecule has 0 spiro atoms. The van der Waals surface area contributed by atoms with Crippen molar-refractivity contribution in [2.45, 2.75) is 55.7 Å². The molecule has 2 heterocycles. The standard InChI is InChI=1S/C13H19N3OS2/c1-8(17)9(2)19-12-11(7-14-10-3-4-10)16-5-6-18-13(16)15-12/h5-6,8-10,14,17H,3-4,7H2,1-2H3. The van der Waals surface area contributed by atoms with E-state index < -0.39 is 0 Å². The van der Waals surface area contributed by atoms with Crippen molar-refractivity contribution < 1.29 is 5.11 Å². The summed E-state index contributed by atoms with van der Waals surface area (Å²) in [5, 5.41) is 16.5. The molecule has 1 aliphatic carbocycles. The summed E-state index contributed by atoms with van der Waals surface area (Å²) in [4.78, 5) is 5.72. The number of aliphatic hydroxyl groups is 1. The van der Waals surface area contributed by atoms with E-state index >= 15 is 0 Å². The van der Waals surface area contributed by atoms with Crippen LogP contribution in [0.3, 0.4) is 0 Å². The molecule has 3 rings (SSSR count). The summed E-state index contributed by atoms with van der Waals surface area (Å²) in [5.74, 6) is 0. The lowest BCUT2D eigenvalue weighted by molar-refractivity contribution is 0.196. The minimum Gasteiger partial charge on any atom is -0.392 e. The highest BCUT2D eigenvalue weighted by molar-refractivity contribution is 7.99. The number of rotatable bonds is 6. The van der Waals surface area contributed by atoms with Crippen LogP contribution in [-0.4, -0.2) is 31.9 Å². The smallest absolute Gasteiger partial charge is 0.194 e. The zero-order valence-electron chi connectivity index (χ0n) is 11.2. The second-order valence-corrected chi connectivity index (χ2v) is 7.38. The summed E-state index contributed by atoms with van der Waals surface area (Å²) in [6.45, 7) is 4.73. The number of aliphatic hydroxyl groups excluding tert-OH is 1. The fourth-order valence-corrected chi connectivity index (χ4v) is 3.66. The average molecular weight is 297 g/mol. The maximum atomic E-state index is 9.66. The van der Waals surface area contributed by atoms with Crippen LogP contribution in [-0.2, 0) is 6.54 Å². The molecule has 2 unspecified atom stereocenters.